The van der Waals surface area contributed by atoms with Crippen molar-refractivity contribution in [2.24, 2.45) is 0 Å². The molecule has 3 fully saturated rings. The van der Waals surface area contributed by atoms with Gasteiger partial charge in [0.25, 0.3) is 0 Å². The predicted molar refractivity (Wildman–Crippen MR) is 69.0 cm³/mol. The van der Waals surface area contributed by atoms with Gasteiger partial charge in [-0.2, -0.15) is 0 Å². The van der Waals surface area contributed by atoms with Gasteiger partial charge in [-0.1, -0.05) is 0 Å². The third-order valence-electron chi connectivity index (χ3n) is 3.88. The molecule has 4 atom stereocenters. The first kappa shape index (κ1) is 14.7. The fraction of sp³-hybridized carbons (Fsp3) is 1.00. The minimum Gasteiger partial charge on any atom is -0.348 e. The van der Waals surface area contributed by atoms with E-state index in [9.17, 15) is 0 Å². The van der Waals surface area contributed by atoms with Gasteiger partial charge >= 0.3 is 0 Å². The molecule has 0 radical (unpaired) electrons. The molecule has 0 saturated carbocycles. The molecular weight excluding hydrogens is 264 g/mol. The van der Waals surface area contributed by atoms with Crippen LogP contribution in [0.25, 0.3) is 0 Å². The number of rotatable bonds is 2. The third kappa shape index (κ3) is 2.38. The van der Waals surface area contributed by atoms with E-state index in [2.05, 4.69) is 0 Å². The van der Waals surface area contributed by atoms with Crippen molar-refractivity contribution in [3.05, 3.63) is 0 Å². The van der Waals surface area contributed by atoms with Crippen LogP contribution in [0.3, 0.4) is 0 Å². The predicted octanol–water partition coefficient (Wildman–Crippen LogP) is 1.42. The summed E-state index contributed by atoms with van der Waals surface area (Å²) in [6.07, 6.45) is -0.732. The van der Waals surface area contributed by atoms with Gasteiger partial charge in [-0.25, -0.2) is 0 Å². The lowest BCUT2D eigenvalue weighted by atomic mass is 10.0. The van der Waals surface area contributed by atoms with Gasteiger partial charge in [-0.05, 0) is 34.6 Å². The zero-order valence-electron chi connectivity index (χ0n) is 12.8. The SMILES string of the molecule is CCOC12COC(C)(C)O[C@H]1[C@@H]1OC(C)(C)OC[C@@H]1O2. The van der Waals surface area contributed by atoms with Gasteiger partial charge in [0.2, 0.25) is 5.79 Å². The maximum atomic E-state index is 6.06. The van der Waals surface area contributed by atoms with Gasteiger partial charge in [-0.15, -0.1) is 0 Å². The molecule has 0 bridgehead atoms. The molecule has 0 spiro atoms. The molecule has 6 heteroatoms. The molecule has 6 nitrogen and oxygen atoms in total. The highest BCUT2D eigenvalue weighted by molar-refractivity contribution is 5.03. The van der Waals surface area contributed by atoms with Crippen molar-refractivity contribution in [2.45, 2.75) is 70.3 Å². The zero-order valence-corrected chi connectivity index (χ0v) is 12.8. The van der Waals surface area contributed by atoms with E-state index in [4.69, 9.17) is 28.4 Å². The highest BCUT2D eigenvalue weighted by Gasteiger charge is 2.64. The van der Waals surface area contributed by atoms with Crippen LogP contribution >= 0.6 is 0 Å². The Bertz CT molecular complexity index is 382. The maximum absolute atomic E-state index is 6.06. The Hall–Kier alpha value is -0.240. The number of ether oxygens (including phenoxy) is 6. The Balaban J connectivity index is 1.88. The maximum Gasteiger partial charge on any atom is 0.222 e. The average molecular weight is 288 g/mol. The molecule has 3 aliphatic rings. The number of hydrogen-bond acceptors (Lipinski definition) is 6. The van der Waals surface area contributed by atoms with E-state index < -0.39 is 17.4 Å². The Kier molecular flexibility index (Phi) is 3.40. The summed E-state index contributed by atoms with van der Waals surface area (Å²) < 4.78 is 35.4. The fourth-order valence-corrected chi connectivity index (χ4v) is 3.04. The van der Waals surface area contributed by atoms with Crippen LogP contribution in [0.15, 0.2) is 0 Å². The van der Waals surface area contributed by atoms with Crippen molar-refractivity contribution in [3.63, 3.8) is 0 Å². The fourth-order valence-electron chi connectivity index (χ4n) is 3.04. The van der Waals surface area contributed by atoms with Gasteiger partial charge in [-0.3, -0.25) is 0 Å². The molecule has 0 aromatic rings. The van der Waals surface area contributed by atoms with Crippen LogP contribution in [0.2, 0.25) is 0 Å². The lowest BCUT2D eigenvalue weighted by Crippen LogP contribution is -2.61. The smallest absolute Gasteiger partial charge is 0.222 e. The zero-order chi connectivity index (χ0) is 14.6. The second-order valence-electron chi connectivity index (χ2n) is 6.42. The highest BCUT2D eigenvalue weighted by Crippen LogP contribution is 2.45. The second-order valence-corrected chi connectivity index (χ2v) is 6.42. The Morgan fingerprint density at radius 1 is 1.00 bits per heavy atom. The van der Waals surface area contributed by atoms with Gasteiger partial charge in [0.15, 0.2) is 11.6 Å². The molecule has 3 saturated heterocycles. The lowest BCUT2D eigenvalue weighted by Gasteiger charge is -2.45. The van der Waals surface area contributed by atoms with Crippen molar-refractivity contribution in [1.82, 2.24) is 0 Å². The molecule has 116 valence electrons. The van der Waals surface area contributed by atoms with E-state index in [1.54, 1.807) is 0 Å². The van der Waals surface area contributed by atoms with Crippen LogP contribution in [0.4, 0.5) is 0 Å². The molecule has 3 heterocycles. The first-order valence-electron chi connectivity index (χ1n) is 7.22. The third-order valence-corrected chi connectivity index (χ3v) is 3.88. The largest absolute Gasteiger partial charge is 0.348 e. The van der Waals surface area contributed by atoms with Gasteiger partial charge in [0, 0.05) is 6.61 Å². The molecular formula is C14H24O6. The topological polar surface area (TPSA) is 55.4 Å². The highest BCUT2D eigenvalue weighted by atomic mass is 16.8. The molecule has 0 aromatic carbocycles. The van der Waals surface area contributed by atoms with E-state index in [1.165, 1.54) is 0 Å². The van der Waals surface area contributed by atoms with Crippen molar-refractivity contribution < 1.29 is 28.4 Å². The molecule has 0 amide bonds. The number of fused-ring (bicyclic) bond motifs is 3. The van der Waals surface area contributed by atoms with Crippen LogP contribution in [-0.2, 0) is 28.4 Å². The summed E-state index contributed by atoms with van der Waals surface area (Å²) in [5.74, 6) is -2.21. The quantitative estimate of drug-likeness (QED) is 0.766. The van der Waals surface area contributed by atoms with Crippen LogP contribution in [0, 0.1) is 0 Å². The summed E-state index contributed by atoms with van der Waals surface area (Å²) in [5.41, 5.74) is 0. The lowest BCUT2D eigenvalue weighted by molar-refractivity contribution is -0.389. The van der Waals surface area contributed by atoms with Crippen LogP contribution < -0.4 is 0 Å². The molecule has 20 heavy (non-hydrogen) atoms. The summed E-state index contributed by atoms with van der Waals surface area (Å²) in [5, 5.41) is 0. The summed E-state index contributed by atoms with van der Waals surface area (Å²) in [4.78, 5) is 0. The van der Waals surface area contributed by atoms with Crippen molar-refractivity contribution in [3.8, 4) is 0 Å². The van der Waals surface area contributed by atoms with Crippen molar-refractivity contribution in [2.75, 3.05) is 19.8 Å². The molecule has 0 aromatic heterocycles. The van der Waals surface area contributed by atoms with E-state index in [1.807, 2.05) is 34.6 Å². The summed E-state index contributed by atoms with van der Waals surface area (Å²) in [6, 6.07) is 0. The average Bonchev–Trinajstić information content (AvgIpc) is 2.62. The van der Waals surface area contributed by atoms with Gasteiger partial charge < -0.3 is 28.4 Å². The minimum atomic E-state index is -0.899. The molecule has 3 aliphatic heterocycles. The van der Waals surface area contributed by atoms with Crippen LogP contribution in [0.5, 0.6) is 0 Å². The van der Waals surface area contributed by atoms with E-state index in [0.717, 1.165) is 0 Å². The molecule has 3 rings (SSSR count). The second kappa shape index (κ2) is 4.63. The number of hydrogen-bond donors (Lipinski definition) is 0. The first-order chi connectivity index (χ1) is 9.27. The van der Waals surface area contributed by atoms with Gasteiger partial charge in [0.1, 0.15) is 24.9 Å². The Labute approximate surface area is 119 Å². The summed E-state index contributed by atoms with van der Waals surface area (Å²) >= 11 is 0. The summed E-state index contributed by atoms with van der Waals surface area (Å²) in [7, 11) is 0. The molecule has 0 N–H and O–H groups in total. The standard InChI is InChI=1S/C14H24O6/c1-6-15-14-8-17-13(4,5)20-11(14)10-9(18-14)7-16-12(2,3)19-10/h9-11H,6-8H2,1-5H3/t9-,10+,11-,14?/m0/s1. The monoisotopic (exact) mass is 288 g/mol. The van der Waals surface area contributed by atoms with E-state index in [0.29, 0.717) is 19.8 Å². The molecule has 0 aliphatic carbocycles. The van der Waals surface area contributed by atoms with E-state index >= 15 is 0 Å². The summed E-state index contributed by atoms with van der Waals surface area (Å²) in [6.45, 7) is 10.8. The van der Waals surface area contributed by atoms with Crippen molar-refractivity contribution >= 4 is 0 Å². The van der Waals surface area contributed by atoms with Crippen molar-refractivity contribution in [1.29, 1.82) is 0 Å². The first-order valence-corrected chi connectivity index (χ1v) is 7.22. The Morgan fingerprint density at radius 2 is 1.70 bits per heavy atom. The Morgan fingerprint density at radius 3 is 2.40 bits per heavy atom. The normalized spacial score (nSPS) is 45.8. The van der Waals surface area contributed by atoms with E-state index in [-0.39, 0.29) is 18.3 Å². The van der Waals surface area contributed by atoms with Crippen LogP contribution in [-0.4, -0.2) is 55.5 Å². The minimum absolute atomic E-state index is 0.197. The molecule has 1 unspecified atom stereocenters. The van der Waals surface area contributed by atoms with Gasteiger partial charge in [0.05, 0.1) is 6.61 Å². The van der Waals surface area contributed by atoms with Crippen LogP contribution in [0.1, 0.15) is 34.6 Å².